The molecule has 1 aliphatic heterocycles. The first-order valence-corrected chi connectivity index (χ1v) is 12.0. The molecule has 5 rings (SSSR count). The predicted octanol–water partition coefficient (Wildman–Crippen LogP) is 3.88. The summed E-state index contributed by atoms with van der Waals surface area (Å²) in [6.07, 6.45) is 6.35. The zero-order valence-electron chi connectivity index (χ0n) is 20.3. The molecular weight excluding hydrogens is 445 g/mol. The van der Waals surface area contributed by atoms with E-state index in [1.807, 2.05) is 36.9 Å². The van der Waals surface area contributed by atoms with E-state index in [-0.39, 0.29) is 17.7 Å². The molecule has 0 saturated carbocycles. The number of likely N-dealkylation sites (N-methyl/N-ethyl adjacent to an activating group) is 1. The van der Waals surface area contributed by atoms with Crippen molar-refractivity contribution in [2.75, 3.05) is 38.0 Å². The van der Waals surface area contributed by atoms with Crippen LogP contribution in [-0.4, -0.2) is 72.2 Å². The van der Waals surface area contributed by atoms with Gasteiger partial charge < -0.3 is 10.2 Å². The summed E-state index contributed by atoms with van der Waals surface area (Å²) in [6, 6.07) is 5.97. The molecule has 0 aliphatic carbocycles. The zero-order valence-corrected chi connectivity index (χ0v) is 20.3. The van der Waals surface area contributed by atoms with Crippen LogP contribution in [0, 0.1) is 5.82 Å². The van der Waals surface area contributed by atoms with Gasteiger partial charge in [-0.25, -0.2) is 19.3 Å². The van der Waals surface area contributed by atoms with Gasteiger partial charge in [-0.15, -0.1) is 0 Å². The largest absolute Gasteiger partial charge is 0.309 e. The second-order valence-electron chi connectivity index (χ2n) is 9.09. The van der Waals surface area contributed by atoms with E-state index >= 15 is 0 Å². The summed E-state index contributed by atoms with van der Waals surface area (Å²) in [4.78, 5) is 22.4. The quantitative estimate of drug-likeness (QED) is 0.431. The second-order valence-corrected chi connectivity index (χ2v) is 9.09. The average Bonchev–Trinajstić information content (AvgIpc) is 3.30. The summed E-state index contributed by atoms with van der Waals surface area (Å²) in [5.41, 5.74) is 3.48. The Morgan fingerprint density at radius 1 is 0.971 bits per heavy atom. The first kappa shape index (κ1) is 23.3. The molecule has 1 saturated heterocycles. The van der Waals surface area contributed by atoms with Crippen molar-refractivity contribution in [2.24, 2.45) is 0 Å². The van der Waals surface area contributed by atoms with Crippen molar-refractivity contribution in [3.8, 4) is 11.3 Å². The van der Waals surface area contributed by atoms with Crippen LogP contribution in [0.2, 0.25) is 0 Å². The lowest BCUT2D eigenvalue weighted by atomic mass is 10.2. The number of hydrogen-bond acceptors (Lipinski definition) is 8. The summed E-state index contributed by atoms with van der Waals surface area (Å²) in [6.45, 7) is 12.6. The smallest absolute Gasteiger partial charge is 0.229 e. The predicted molar refractivity (Wildman–Crippen MR) is 134 cm³/mol. The van der Waals surface area contributed by atoms with E-state index in [1.165, 1.54) is 6.20 Å². The third kappa shape index (κ3) is 5.13. The Kier molecular flexibility index (Phi) is 6.65. The monoisotopic (exact) mass is 475 g/mol. The van der Waals surface area contributed by atoms with Gasteiger partial charge in [-0.05, 0) is 38.1 Å². The Bertz CT molecular complexity index is 1290. The number of aromatic nitrogens is 6. The van der Waals surface area contributed by atoms with E-state index < -0.39 is 5.82 Å². The number of rotatable bonds is 7. The van der Waals surface area contributed by atoms with Crippen molar-refractivity contribution in [1.29, 1.82) is 0 Å². The fourth-order valence-corrected chi connectivity index (χ4v) is 4.32. The van der Waals surface area contributed by atoms with Crippen LogP contribution in [0.1, 0.15) is 32.4 Å². The van der Waals surface area contributed by atoms with Crippen molar-refractivity contribution >= 4 is 22.8 Å². The van der Waals surface area contributed by atoms with E-state index in [0.717, 1.165) is 55.9 Å². The third-order valence-electron chi connectivity index (χ3n) is 6.34. The maximum atomic E-state index is 14.7. The van der Waals surface area contributed by atoms with Crippen LogP contribution in [0.15, 0.2) is 43.0 Å². The van der Waals surface area contributed by atoms with E-state index in [1.54, 1.807) is 12.4 Å². The Labute approximate surface area is 204 Å². The van der Waals surface area contributed by atoms with Crippen LogP contribution in [0.4, 0.5) is 16.2 Å². The topological polar surface area (TPSA) is 87.9 Å². The van der Waals surface area contributed by atoms with Crippen LogP contribution in [0.5, 0.6) is 0 Å². The van der Waals surface area contributed by atoms with E-state index in [0.29, 0.717) is 11.4 Å². The molecule has 4 aromatic heterocycles. The fourth-order valence-electron chi connectivity index (χ4n) is 4.32. The number of anilines is 2. The van der Waals surface area contributed by atoms with Gasteiger partial charge in [0, 0.05) is 56.7 Å². The first-order chi connectivity index (χ1) is 17.0. The van der Waals surface area contributed by atoms with Crippen LogP contribution in [-0.2, 0) is 6.54 Å². The number of nitrogens with zero attached hydrogens (tertiary/aromatic N) is 8. The highest BCUT2D eigenvalue weighted by molar-refractivity contribution is 5.79. The summed E-state index contributed by atoms with van der Waals surface area (Å²) in [7, 11) is 0. The third-order valence-corrected chi connectivity index (χ3v) is 6.34. The Hall–Kier alpha value is -3.50. The van der Waals surface area contributed by atoms with Crippen LogP contribution >= 0.6 is 0 Å². The molecule has 5 heterocycles. The van der Waals surface area contributed by atoms with Crippen molar-refractivity contribution in [1.82, 2.24) is 39.5 Å². The highest BCUT2D eigenvalue weighted by Gasteiger charge is 2.16. The lowest BCUT2D eigenvalue weighted by molar-refractivity contribution is 0.132. The van der Waals surface area contributed by atoms with E-state index in [9.17, 15) is 4.39 Å². The highest BCUT2D eigenvalue weighted by Crippen LogP contribution is 2.26. The summed E-state index contributed by atoms with van der Waals surface area (Å²) < 4.78 is 16.5. The summed E-state index contributed by atoms with van der Waals surface area (Å²) in [5.74, 6) is 0.363. The molecule has 10 heteroatoms. The van der Waals surface area contributed by atoms with E-state index in [4.69, 9.17) is 0 Å². The van der Waals surface area contributed by atoms with Gasteiger partial charge in [0.2, 0.25) is 5.95 Å². The van der Waals surface area contributed by atoms with Gasteiger partial charge in [-0.3, -0.25) is 14.6 Å². The molecule has 0 atom stereocenters. The Morgan fingerprint density at radius 2 is 1.77 bits per heavy atom. The van der Waals surface area contributed by atoms with Crippen LogP contribution < -0.4 is 5.32 Å². The van der Waals surface area contributed by atoms with Crippen molar-refractivity contribution in [3.05, 3.63) is 54.4 Å². The summed E-state index contributed by atoms with van der Waals surface area (Å²) in [5, 5.41) is 7.47. The zero-order chi connectivity index (χ0) is 24.4. The fraction of sp³-hybridized carbons (Fsp3) is 0.400. The normalized spacial score (nSPS) is 15.2. The molecule has 35 heavy (non-hydrogen) atoms. The van der Waals surface area contributed by atoms with Gasteiger partial charge in [-0.2, -0.15) is 5.10 Å². The number of hydrogen-bond donors (Lipinski definition) is 1. The standard InChI is InChI=1S/C25H30FN9/c1-4-33-7-9-34(10-8-33)16-18-5-6-23(28-12-18)31-25-29-14-20(26)24(32-25)19-11-22-21(27-13-19)15-30-35(22)17(2)3/h5-6,11-15,17H,4,7-10,16H2,1-3H3,(H,28,29,31,32). The minimum Gasteiger partial charge on any atom is -0.309 e. The van der Waals surface area contributed by atoms with Crippen molar-refractivity contribution in [2.45, 2.75) is 33.4 Å². The van der Waals surface area contributed by atoms with Gasteiger partial charge in [-0.1, -0.05) is 13.0 Å². The molecule has 1 N–H and O–H groups in total. The number of piperazine rings is 1. The lowest BCUT2D eigenvalue weighted by Gasteiger charge is -2.33. The molecule has 1 fully saturated rings. The average molecular weight is 476 g/mol. The van der Waals surface area contributed by atoms with Crippen LogP contribution in [0.3, 0.4) is 0 Å². The number of pyridine rings is 2. The molecular formula is C25H30FN9. The molecule has 4 aromatic rings. The molecule has 182 valence electrons. The molecule has 0 unspecified atom stereocenters. The minimum absolute atomic E-state index is 0.159. The molecule has 9 nitrogen and oxygen atoms in total. The van der Waals surface area contributed by atoms with E-state index in [2.05, 4.69) is 53.1 Å². The molecule has 0 spiro atoms. The summed E-state index contributed by atoms with van der Waals surface area (Å²) >= 11 is 0. The SMILES string of the molecule is CCN1CCN(Cc2ccc(Nc3ncc(F)c(-c4cnc5cnn(C(C)C)c5c4)n3)nc2)CC1. The minimum atomic E-state index is -0.515. The van der Waals surface area contributed by atoms with Gasteiger partial charge in [0.1, 0.15) is 17.0 Å². The Balaban J connectivity index is 1.30. The first-order valence-electron chi connectivity index (χ1n) is 12.0. The molecule has 0 radical (unpaired) electrons. The molecule has 1 aliphatic rings. The van der Waals surface area contributed by atoms with Gasteiger partial charge in [0.15, 0.2) is 5.82 Å². The van der Waals surface area contributed by atoms with Crippen molar-refractivity contribution < 1.29 is 4.39 Å². The van der Waals surface area contributed by atoms with Gasteiger partial charge in [0.25, 0.3) is 0 Å². The number of halogens is 1. The lowest BCUT2D eigenvalue weighted by Crippen LogP contribution is -2.45. The maximum Gasteiger partial charge on any atom is 0.229 e. The Morgan fingerprint density at radius 3 is 2.49 bits per heavy atom. The maximum absolute atomic E-state index is 14.7. The second kappa shape index (κ2) is 10.0. The number of nitrogens with one attached hydrogen (secondary N) is 1. The molecule has 0 amide bonds. The highest BCUT2D eigenvalue weighted by atomic mass is 19.1. The molecule has 0 bridgehead atoms. The van der Waals surface area contributed by atoms with Gasteiger partial charge in [0.05, 0.1) is 17.9 Å². The van der Waals surface area contributed by atoms with Crippen LogP contribution in [0.25, 0.3) is 22.3 Å². The number of fused-ring (bicyclic) bond motifs is 1. The van der Waals surface area contributed by atoms with Crippen molar-refractivity contribution in [3.63, 3.8) is 0 Å². The van der Waals surface area contributed by atoms with Gasteiger partial charge >= 0.3 is 0 Å². The molecule has 0 aromatic carbocycles.